The Morgan fingerprint density at radius 2 is 1.84 bits per heavy atom. The number of amides is 1. The topological polar surface area (TPSA) is 66.8 Å². The Morgan fingerprint density at radius 3 is 2.26 bits per heavy atom. The summed E-state index contributed by atoms with van der Waals surface area (Å²) in [6, 6.07) is 0. The number of fused-ring (bicyclic) bond motifs is 2. The summed E-state index contributed by atoms with van der Waals surface area (Å²) < 4.78 is 5.38. The van der Waals surface area contributed by atoms with E-state index in [-0.39, 0.29) is 36.2 Å². The van der Waals surface area contributed by atoms with Crippen LogP contribution in [0.5, 0.6) is 0 Å². The number of rotatable bonds is 1. The van der Waals surface area contributed by atoms with Gasteiger partial charge in [-0.1, -0.05) is 0 Å². The lowest BCUT2D eigenvalue weighted by molar-refractivity contribution is -0.129. The highest BCUT2D eigenvalue weighted by Crippen LogP contribution is 2.38. The van der Waals surface area contributed by atoms with Gasteiger partial charge in [0.05, 0.1) is 0 Å². The Balaban J connectivity index is 2.04. The Hall–Kier alpha value is -1.10. The number of ether oxygens (including phenoxy) is 1. The van der Waals surface area contributed by atoms with Crippen molar-refractivity contribution in [3.63, 3.8) is 0 Å². The van der Waals surface area contributed by atoms with E-state index in [9.17, 15) is 14.7 Å². The van der Waals surface area contributed by atoms with E-state index in [1.807, 2.05) is 20.8 Å². The van der Waals surface area contributed by atoms with Crippen LogP contribution in [0.4, 0.5) is 4.79 Å². The highest BCUT2D eigenvalue weighted by atomic mass is 16.6. The maximum atomic E-state index is 12.1. The molecule has 0 aromatic heterocycles. The second-order valence-corrected chi connectivity index (χ2v) is 6.70. The second-order valence-electron chi connectivity index (χ2n) is 6.70. The summed E-state index contributed by atoms with van der Waals surface area (Å²) in [5, 5.41) is 9.45. The molecule has 5 heteroatoms. The van der Waals surface area contributed by atoms with Gasteiger partial charge in [0.1, 0.15) is 11.4 Å². The Kier molecular flexibility index (Phi) is 3.85. The Morgan fingerprint density at radius 1 is 1.32 bits per heavy atom. The Bertz CT molecular complexity index is 356. The monoisotopic (exact) mass is 269 g/mol. The number of aliphatic hydroxyl groups excluding tert-OH is 1. The molecule has 2 bridgehead atoms. The summed E-state index contributed by atoms with van der Waals surface area (Å²) >= 11 is 0. The highest BCUT2D eigenvalue weighted by Gasteiger charge is 2.44. The first-order valence-electron chi connectivity index (χ1n) is 6.90. The third kappa shape index (κ3) is 3.26. The largest absolute Gasteiger partial charge is 0.444 e. The molecule has 1 saturated carbocycles. The van der Waals surface area contributed by atoms with Crippen LogP contribution in [0.25, 0.3) is 0 Å². The smallest absolute Gasteiger partial charge is 0.410 e. The molecule has 0 aromatic rings. The molecule has 0 spiro atoms. The number of piperidine rings is 1. The average Bonchev–Trinajstić information content (AvgIpc) is 2.24. The summed E-state index contributed by atoms with van der Waals surface area (Å²) in [4.78, 5) is 25.4. The van der Waals surface area contributed by atoms with Crippen LogP contribution < -0.4 is 0 Å². The van der Waals surface area contributed by atoms with Gasteiger partial charge in [-0.3, -0.25) is 4.79 Å². The number of ketones is 1. The van der Waals surface area contributed by atoms with Gasteiger partial charge >= 0.3 is 6.09 Å². The van der Waals surface area contributed by atoms with Crippen molar-refractivity contribution in [2.75, 3.05) is 19.7 Å². The lowest BCUT2D eigenvalue weighted by atomic mass is 9.69. The fourth-order valence-electron chi connectivity index (χ4n) is 3.17. The van der Waals surface area contributed by atoms with E-state index >= 15 is 0 Å². The van der Waals surface area contributed by atoms with E-state index in [0.717, 1.165) is 0 Å². The fraction of sp³-hybridized carbons (Fsp3) is 0.857. The molecular weight excluding hydrogens is 246 g/mol. The molecule has 2 unspecified atom stereocenters. The van der Waals surface area contributed by atoms with Crippen LogP contribution >= 0.6 is 0 Å². The standard InChI is InChI=1S/C14H23NO4/c1-14(2,3)19-13(18)15-6-9-4-11(17)5-10(7-15)12(9)8-16/h9-10,12,16H,4-8H2,1-3H3. The Labute approximate surface area is 113 Å². The van der Waals surface area contributed by atoms with Crippen molar-refractivity contribution in [2.24, 2.45) is 17.8 Å². The third-order valence-electron chi connectivity index (χ3n) is 3.96. The van der Waals surface area contributed by atoms with Crippen molar-refractivity contribution < 1.29 is 19.4 Å². The number of hydrogen-bond donors (Lipinski definition) is 1. The highest BCUT2D eigenvalue weighted by molar-refractivity contribution is 5.80. The molecular formula is C14H23NO4. The summed E-state index contributed by atoms with van der Waals surface area (Å²) in [6.45, 7) is 6.66. The minimum atomic E-state index is -0.504. The summed E-state index contributed by atoms with van der Waals surface area (Å²) in [6.07, 6.45) is 0.635. The molecule has 2 atom stereocenters. The van der Waals surface area contributed by atoms with E-state index in [1.165, 1.54) is 0 Å². The minimum Gasteiger partial charge on any atom is -0.444 e. The fourth-order valence-corrected chi connectivity index (χ4v) is 3.17. The first-order valence-corrected chi connectivity index (χ1v) is 6.90. The first kappa shape index (κ1) is 14.3. The number of aliphatic hydroxyl groups is 1. The van der Waals surface area contributed by atoms with Gasteiger partial charge in [0.25, 0.3) is 0 Å². The zero-order valence-corrected chi connectivity index (χ0v) is 11.9. The van der Waals surface area contributed by atoms with Gasteiger partial charge in [0, 0.05) is 32.5 Å². The minimum absolute atomic E-state index is 0.0810. The van der Waals surface area contributed by atoms with Crippen LogP contribution in [0.1, 0.15) is 33.6 Å². The number of nitrogens with zero attached hydrogens (tertiary/aromatic N) is 1. The first-order chi connectivity index (χ1) is 8.80. The molecule has 19 heavy (non-hydrogen) atoms. The summed E-state index contributed by atoms with van der Waals surface area (Å²) in [5.41, 5.74) is -0.504. The molecule has 2 rings (SSSR count). The van der Waals surface area contributed by atoms with Crippen molar-refractivity contribution in [2.45, 2.75) is 39.2 Å². The number of likely N-dealkylation sites (tertiary alicyclic amines) is 1. The van der Waals surface area contributed by atoms with E-state index < -0.39 is 5.60 Å². The van der Waals surface area contributed by atoms with Crippen molar-refractivity contribution in [1.29, 1.82) is 0 Å². The molecule has 0 aromatic carbocycles. The van der Waals surface area contributed by atoms with Gasteiger partial charge in [-0.25, -0.2) is 4.79 Å². The van der Waals surface area contributed by atoms with E-state index in [4.69, 9.17) is 4.74 Å². The number of carbonyl (C=O) groups excluding carboxylic acids is 2. The van der Waals surface area contributed by atoms with Gasteiger partial charge in [-0.2, -0.15) is 0 Å². The van der Waals surface area contributed by atoms with Crippen LogP contribution in [0, 0.1) is 17.8 Å². The van der Waals surface area contributed by atoms with Crippen molar-refractivity contribution >= 4 is 11.9 Å². The lowest BCUT2D eigenvalue weighted by Crippen LogP contribution is -2.54. The number of carbonyl (C=O) groups is 2. The summed E-state index contributed by atoms with van der Waals surface area (Å²) in [5.74, 6) is 0.565. The number of Topliss-reactive ketones (excluding diaryl/α,β-unsaturated/α-hetero) is 1. The molecule has 1 aliphatic carbocycles. The average molecular weight is 269 g/mol. The molecule has 5 nitrogen and oxygen atoms in total. The lowest BCUT2D eigenvalue weighted by Gasteiger charge is -2.46. The van der Waals surface area contributed by atoms with Crippen LogP contribution in [-0.2, 0) is 9.53 Å². The molecule has 2 fully saturated rings. The zero-order chi connectivity index (χ0) is 14.2. The quantitative estimate of drug-likeness (QED) is 0.782. The molecule has 2 aliphatic rings. The van der Waals surface area contributed by atoms with Crippen LogP contribution in [0.2, 0.25) is 0 Å². The van der Waals surface area contributed by atoms with Crippen LogP contribution in [0.3, 0.4) is 0 Å². The predicted octanol–water partition coefficient (Wildman–Crippen LogP) is 1.44. The SMILES string of the molecule is CC(C)(C)OC(=O)N1CC2CC(=O)CC(C1)C2CO. The second kappa shape index (κ2) is 5.12. The molecule has 0 radical (unpaired) electrons. The van der Waals surface area contributed by atoms with Gasteiger partial charge in [-0.15, -0.1) is 0 Å². The predicted molar refractivity (Wildman–Crippen MR) is 69.6 cm³/mol. The van der Waals surface area contributed by atoms with Gasteiger partial charge in [0.15, 0.2) is 0 Å². The molecule has 1 heterocycles. The molecule has 1 saturated heterocycles. The third-order valence-corrected chi connectivity index (χ3v) is 3.96. The van der Waals surface area contributed by atoms with Crippen molar-refractivity contribution in [1.82, 2.24) is 4.90 Å². The van der Waals surface area contributed by atoms with E-state index in [2.05, 4.69) is 0 Å². The molecule has 108 valence electrons. The van der Waals surface area contributed by atoms with Gasteiger partial charge in [0.2, 0.25) is 0 Å². The van der Waals surface area contributed by atoms with Crippen LogP contribution in [0.15, 0.2) is 0 Å². The maximum Gasteiger partial charge on any atom is 0.410 e. The molecule has 1 N–H and O–H groups in total. The van der Waals surface area contributed by atoms with Gasteiger partial charge in [-0.05, 0) is 38.5 Å². The van der Waals surface area contributed by atoms with E-state index in [1.54, 1.807) is 4.90 Å². The van der Waals surface area contributed by atoms with Crippen molar-refractivity contribution in [3.8, 4) is 0 Å². The normalized spacial score (nSPS) is 31.3. The molecule has 1 amide bonds. The molecule has 1 aliphatic heterocycles. The van der Waals surface area contributed by atoms with Crippen LogP contribution in [-0.4, -0.2) is 47.2 Å². The van der Waals surface area contributed by atoms with Crippen molar-refractivity contribution in [3.05, 3.63) is 0 Å². The summed E-state index contributed by atoms with van der Waals surface area (Å²) in [7, 11) is 0. The van der Waals surface area contributed by atoms with E-state index in [0.29, 0.717) is 25.9 Å². The number of hydrogen-bond acceptors (Lipinski definition) is 4. The maximum absolute atomic E-state index is 12.1. The zero-order valence-electron chi connectivity index (χ0n) is 11.9. The van der Waals surface area contributed by atoms with Gasteiger partial charge < -0.3 is 14.7 Å².